The lowest BCUT2D eigenvalue weighted by atomic mass is 9.80. The number of carbonyl (C=O) groups excluding carboxylic acids is 1. The third-order valence-electron chi connectivity index (χ3n) is 6.30. The number of hydrogen-bond donors (Lipinski definition) is 0. The van der Waals surface area contributed by atoms with Gasteiger partial charge >= 0.3 is 6.36 Å². The van der Waals surface area contributed by atoms with Gasteiger partial charge in [-0.25, -0.2) is 0 Å². The lowest BCUT2D eigenvalue weighted by molar-refractivity contribution is -0.274. The number of fused-ring (bicyclic) bond motifs is 4. The standard InChI is InChI=1S/C25H21F3N2O3/c26-25(27,28)33-20-8-6-17(7-9-20)21-10-11-22(31)30-14-16-12-19(23(21)30)15-29(13-16)24(32)18-4-2-1-3-5-18/h1-11,16,19H,12-15H2. The Labute approximate surface area is 188 Å². The molecule has 5 nitrogen and oxygen atoms in total. The highest BCUT2D eigenvalue weighted by atomic mass is 19.4. The molecule has 1 aromatic heterocycles. The molecule has 3 heterocycles. The molecule has 5 rings (SSSR count). The second kappa shape index (κ2) is 8.10. The molecule has 33 heavy (non-hydrogen) atoms. The highest BCUT2D eigenvalue weighted by Gasteiger charge is 2.38. The maximum atomic E-state index is 13.1. The highest BCUT2D eigenvalue weighted by molar-refractivity contribution is 5.94. The molecule has 0 radical (unpaired) electrons. The van der Waals surface area contributed by atoms with Crippen LogP contribution in [0, 0.1) is 5.92 Å². The molecule has 2 bridgehead atoms. The first-order valence-corrected chi connectivity index (χ1v) is 10.7. The summed E-state index contributed by atoms with van der Waals surface area (Å²) in [5.41, 5.74) is 2.82. The van der Waals surface area contributed by atoms with Crippen LogP contribution in [-0.4, -0.2) is 34.8 Å². The van der Waals surface area contributed by atoms with E-state index in [4.69, 9.17) is 0 Å². The van der Waals surface area contributed by atoms with Gasteiger partial charge in [-0.15, -0.1) is 13.2 Å². The van der Waals surface area contributed by atoms with Gasteiger partial charge in [0.05, 0.1) is 0 Å². The van der Waals surface area contributed by atoms with Gasteiger partial charge in [-0.05, 0) is 48.2 Å². The number of nitrogens with zero attached hydrogens (tertiary/aromatic N) is 2. The van der Waals surface area contributed by atoms with Gasteiger partial charge in [0.1, 0.15) is 5.75 Å². The van der Waals surface area contributed by atoms with Gasteiger partial charge in [0.15, 0.2) is 0 Å². The maximum absolute atomic E-state index is 13.1. The van der Waals surface area contributed by atoms with Crippen LogP contribution >= 0.6 is 0 Å². The van der Waals surface area contributed by atoms with Crippen molar-refractivity contribution in [3.8, 4) is 16.9 Å². The fraction of sp³-hybridized carbons (Fsp3) is 0.280. The lowest BCUT2D eigenvalue weighted by Gasteiger charge is -2.43. The van der Waals surface area contributed by atoms with Gasteiger partial charge in [0.2, 0.25) is 0 Å². The molecule has 2 atom stereocenters. The predicted octanol–water partition coefficient (Wildman–Crippen LogP) is 4.67. The molecular formula is C25H21F3N2O3. The molecule has 1 amide bonds. The molecule has 0 N–H and O–H groups in total. The Balaban J connectivity index is 1.48. The molecule has 8 heteroatoms. The van der Waals surface area contributed by atoms with Crippen LogP contribution in [0.3, 0.4) is 0 Å². The second-order valence-corrected chi connectivity index (χ2v) is 8.53. The number of amides is 1. The summed E-state index contributed by atoms with van der Waals surface area (Å²) in [7, 11) is 0. The molecule has 3 aromatic rings. The Morgan fingerprint density at radius 1 is 0.909 bits per heavy atom. The SMILES string of the molecule is O=C(c1ccccc1)N1CC2CC(C1)c1c(-c3ccc(OC(F)(F)F)cc3)ccc(=O)n1C2. The minimum absolute atomic E-state index is 0.0350. The van der Waals surface area contributed by atoms with Crippen LogP contribution in [0.25, 0.3) is 11.1 Å². The van der Waals surface area contributed by atoms with Crippen molar-refractivity contribution in [2.75, 3.05) is 13.1 Å². The van der Waals surface area contributed by atoms with Crippen LogP contribution in [0.5, 0.6) is 5.75 Å². The monoisotopic (exact) mass is 454 g/mol. The van der Waals surface area contributed by atoms with E-state index in [1.807, 2.05) is 23.1 Å². The molecule has 0 saturated carbocycles. The summed E-state index contributed by atoms with van der Waals surface area (Å²) in [6.07, 6.45) is -3.91. The number of aromatic nitrogens is 1. The van der Waals surface area contributed by atoms with Crippen molar-refractivity contribution in [2.45, 2.75) is 25.2 Å². The van der Waals surface area contributed by atoms with Gasteiger partial charge in [-0.2, -0.15) is 0 Å². The van der Waals surface area contributed by atoms with Crippen molar-refractivity contribution in [3.63, 3.8) is 0 Å². The Kier molecular flexibility index (Phi) is 5.23. The van der Waals surface area contributed by atoms with E-state index >= 15 is 0 Å². The van der Waals surface area contributed by atoms with Gasteiger partial charge in [-0.3, -0.25) is 9.59 Å². The number of halogens is 3. The second-order valence-electron chi connectivity index (χ2n) is 8.53. The third-order valence-corrected chi connectivity index (χ3v) is 6.30. The van der Waals surface area contributed by atoms with E-state index in [0.29, 0.717) is 30.8 Å². The van der Waals surface area contributed by atoms with Crippen molar-refractivity contribution in [1.29, 1.82) is 0 Å². The minimum atomic E-state index is -4.76. The number of benzene rings is 2. The first-order chi connectivity index (χ1) is 15.8. The fourth-order valence-electron chi connectivity index (χ4n) is 5.02. The van der Waals surface area contributed by atoms with Crippen molar-refractivity contribution < 1.29 is 22.7 Å². The van der Waals surface area contributed by atoms with E-state index in [2.05, 4.69) is 4.74 Å². The van der Waals surface area contributed by atoms with Gasteiger partial charge < -0.3 is 14.2 Å². The van der Waals surface area contributed by atoms with Crippen molar-refractivity contribution in [2.24, 2.45) is 5.92 Å². The highest BCUT2D eigenvalue weighted by Crippen LogP contribution is 2.40. The summed E-state index contributed by atoms with van der Waals surface area (Å²) in [5.74, 6) is -0.211. The van der Waals surface area contributed by atoms with E-state index in [1.54, 1.807) is 34.9 Å². The number of piperidine rings is 1. The quantitative estimate of drug-likeness (QED) is 0.578. The average Bonchev–Trinajstić information content (AvgIpc) is 2.79. The zero-order valence-corrected chi connectivity index (χ0v) is 17.6. The first kappa shape index (κ1) is 21.3. The topological polar surface area (TPSA) is 51.5 Å². The molecule has 1 fully saturated rings. The van der Waals surface area contributed by atoms with Crippen molar-refractivity contribution in [1.82, 2.24) is 9.47 Å². The zero-order chi connectivity index (χ0) is 23.2. The molecule has 2 aromatic carbocycles. The molecule has 1 saturated heterocycles. The molecule has 0 aliphatic carbocycles. The first-order valence-electron chi connectivity index (χ1n) is 10.7. The van der Waals surface area contributed by atoms with Crippen molar-refractivity contribution in [3.05, 3.63) is 88.3 Å². The number of hydrogen-bond acceptors (Lipinski definition) is 3. The number of pyridine rings is 1. The zero-order valence-electron chi connectivity index (χ0n) is 17.6. The number of rotatable bonds is 3. The molecule has 2 aliphatic rings. The molecule has 0 spiro atoms. The summed E-state index contributed by atoms with van der Waals surface area (Å²) in [5, 5.41) is 0. The third kappa shape index (κ3) is 4.25. The van der Waals surface area contributed by atoms with Gasteiger partial charge in [0.25, 0.3) is 11.5 Å². The number of carbonyl (C=O) groups is 1. The fourth-order valence-corrected chi connectivity index (χ4v) is 5.02. The minimum Gasteiger partial charge on any atom is -0.406 e. The Morgan fingerprint density at radius 2 is 1.64 bits per heavy atom. The average molecular weight is 454 g/mol. The van der Waals surface area contributed by atoms with Crippen molar-refractivity contribution >= 4 is 5.91 Å². The summed E-state index contributed by atoms with van der Waals surface area (Å²) in [4.78, 5) is 27.6. The lowest BCUT2D eigenvalue weighted by Crippen LogP contribution is -2.49. The van der Waals surface area contributed by atoms with Crippen LogP contribution in [-0.2, 0) is 6.54 Å². The van der Waals surface area contributed by atoms with Crippen LogP contribution in [0.15, 0.2) is 71.5 Å². The summed E-state index contributed by atoms with van der Waals surface area (Å²) < 4.78 is 43.3. The number of alkyl halides is 3. The van der Waals surface area contributed by atoms with E-state index in [0.717, 1.165) is 17.7 Å². The Morgan fingerprint density at radius 3 is 2.33 bits per heavy atom. The van der Waals surface area contributed by atoms with Crippen LogP contribution < -0.4 is 10.3 Å². The smallest absolute Gasteiger partial charge is 0.406 e. The van der Waals surface area contributed by atoms with E-state index in [-0.39, 0.29) is 29.1 Å². The van der Waals surface area contributed by atoms with E-state index < -0.39 is 6.36 Å². The van der Waals surface area contributed by atoms with Gasteiger partial charge in [0, 0.05) is 48.4 Å². The Bertz CT molecular complexity index is 1240. The van der Waals surface area contributed by atoms with E-state index in [9.17, 15) is 22.8 Å². The molecule has 2 aliphatic heterocycles. The molecule has 2 unspecified atom stereocenters. The number of likely N-dealkylation sites (tertiary alicyclic amines) is 1. The normalized spacial score (nSPS) is 19.7. The molecular weight excluding hydrogens is 433 g/mol. The summed E-state index contributed by atoms with van der Waals surface area (Å²) in [6, 6.07) is 18.0. The largest absolute Gasteiger partial charge is 0.573 e. The summed E-state index contributed by atoms with van der Waals surface area (Å²) >= 11 is 0. The van der Waals surface area contributed by atoms with Crippen LogP contribution in [0.1, 0.15) is 28.4 Å². The predicted molar refractivity (Wildman–Crippen MR) is 116 cm³/mol. The summed E-state index contributed by atoms with van der Waals surface area (Å²) in [6.45, 7) is 1.58. The Hall–Kier alpha value is -3.55. The van der Waals surface area contributed by atoms with Crippen LogP contribution in [0.2, 0.25) is 0 Å². The maximum Gasteiger partial charge on any atom is 0.573 e. The molecule has 170 valence electrons. The van der Waals surface area contributed by atoms with Crippen LogP contribution in [0.4, 0.5) is 13.2 Å². The van der Waals surface area contributed by atoms with E-state index in [1.165, 1.54) is 18.2 Å². The number of ether oxygens (including phenoxy) is 1. The van der Waals surface area contributed by atoms with Gasteiger partial charge in [-0.1, -0.05) is 30.3 Å².